The van der Waals surface area contributed by atoms with E-state index in [1.807, 2.05) is 0 Å². The number of aryl methyl sites for hydroxylation is 1. The van der Waals surface area contributed by atoms with Crippen LogP contribution >= 0.6 is 0 Å². The molecule has 23 heavy (non-hydrogen) atoms. The van der Waals surface area contributed by atoms with Crippen molar-refractivity contribution in [2.45, 2.75) is 32.0 Å². The van der Waals surface area contributed by atoms with Gasteiger partial charge in [0.1, 0.15) is 0 Å². The van der Waals surface area contributed by atoms with Gasteiger partial charge in [0.15, 0.2) is 0 Å². The molecular formula is C21H23NO. The summed E-state index contributed by atoms with van der Waals surface area (Å²) in [6.07, 6.45) is 3.51. The second-order valence-electron chi connectivity index (χ2n) is 6.63. The van der Waals surface area contributed by atoms with Crippen molar-refractivity contribution in [2.75, 3.05) is 13.2 Å². The molecule has 2 unspecified atom stereocenters. The Morgan fingerprint density at radius 1 is 1.00 bits per heavy atom. The van der Waals surface area contributed by atoms with E-state index in [9.17, 15) is 0 Å². The van der Waals surface area contributed by atoms with Crippen LogP contribution in [0.3, 0.4) is 0 Å². The molecule has 2 atom stereocenters. The number of rotatable bonds is 3. The number of hydrogen-bond acceptors (Lipinski definition) is 2. The van der Waals surface area contributed by atoms with Gasteiger partial charge in [-0.25, -0.2) is 0 Å². The van der Waals surface area contributed by atoms with Crippen molar-refractivity contribution in [3.63, 3.8) is 0 Å². The van der Waals surface area contributed by atoms with Gasteiger partial charge in [-0.1, -0.05) is 60.7 Å². The first-order valence-electron chi connectivity index (χ1n) is 8.45. The highest BCUT2D eigenvalue weighted by molar-refractivity contribution is 5.70. The molecule has 2 aromatic carbocycles. The van der Waals surface area contributed by atoms with Crippen molar-refractivity contribution in [1.29, 1.82) is 0 Å². The van der Waals surface area contributed by atoms with Crippen LogP contribution in [0.1, 0.15) is 23.1 Å². The third-order valence-corrected chi connectivity index (χ3v) is 5.04. The summed E-state index contributed by atoms with van der Waals surface area (Å²) in [6.45, 7) is 4.86. The summed E-state index contributed by atoms with van der Waals surface area (Å²) in [4.78, 5) is 2.61. The summed E-state index contributed by atoms with van der Waals surface area (Å²) < 4.78 is 5.83. The van der Waals surface area contributed by atoms with Crippen molar-refractivity contribution in [3.8, 4) is 0 Å². The molecule has 2 aliphatic rings. The number of nitrogens with zero attached hydrogens (tertiary/aromatic N) is 1. The van der Waals surface area contributed by atoms with Crippen molar-refractivity contribution in [3.05, 3.63) is 77.4 Å². The molecule has 1 fully saturated rings. The topological polar surface area (TPSA) is 12.5 Å². The number of ether oxygens (including phenoxy) is 1. The zero-order valence-electron chi connectivity index (χ0n) is 13.6. The number of benzene rings is 2. The van der Waals surface area contributed by atoms with E-state index in [0.717, 1.165) is 26.2 Å². The Bertz CT molecular complexity index is 707. The molecular weight excluding hydrogens is 282 g/mol. The lowest BCUT2D eigenvalue weighted by molar-refractivity contribution is -0.0402. The molecule has 2 nitrogen and oxygen atoms in total. The van der Waals surface area contributed by atoms with Crippen LogP contribution in [-0.4, -0.2) is 30.2 Å². The fourth-order valence-electron chi connectivity index (χ4n) is 3.83. The van der Waals surface area contributed by atoms with Crippen LogP contribution in [0.5, 0.6) is 0 Å². The molecule has 0 saturated carbocycles. The smallest absolute Gasteiger partial charge is 0.0658 e. The summed E-state index contributed by atoms with van der Waals surface area (Å²) in [6, 6.07) is 20.4. The Balaban J connectivity index is 1.62. The lowest BCUT2D eigenvalue weighted by Crippen LogP contribution is -2.53. The van der Waals surface area contributed by atoms with E-state index in [4.69, 9.17) is 4.74 Å². The van der Waals surface area contributed by atoms with Crippen LogP contribution < -0.4 is 0 Å². The predicted octanol–water partition coefficient (Wildman–Crippen LogP) is 4.05. The zero-order chi connectivity index (χ0) is 15.6. The minimum absolute atomic E-state index is 0.386. The molecule has 2 aliphatic heterocycles. The first kappa shape index (κ1) is 14.7. The highest BCUT2D eigenvalue weighted by atomic mass is 16.5. The average Bonchev–Trinajstić information content (AvgIpc) is 2.56. The predicted molar refractivity (Wildman–Crippen MR) is 94.2 cm³/mol. The van der Waals surface area contributed by atoms with E-state index in [1.54, 1.807) is 0 Å². The van der Waals surface area contributed by atoms with Crippen molar-refractivity contribution >= 4 is 5.57 Å². The normalized spacial score (nSPS) is 24.3. The van der Waals surface area contributed by atoms with Gasteiger partial charge in [-0.2, -0.15) is 0 Å². The first-order chi connectivity index (χ1) is 11.3. The number of fused-ring (bicyclic) bond motifs is 2. The van der Waals surface area contributed by atoms with Crippen molar-refractivity contribution in [2.24, 2.45) is 0 Å². The molecule has 0 N–H and O–H groups in total. The van der Waals surface area contributed by atoms with Gasteiger partial charge in [0.2, 0.25) is 0 Å². The Labute approximate surface area is 138 Å². The molecule has 2 heteroatoms. The van der Waals surface area contributed by atoms with Crippen LogP contribution in [-0.2, 0) is 11.3 Å². The molecule has 2 heterocycles. The van der Waals surface area contributed by atoms with E-state index in [2.05, 4.69) is 72.5 Å². The van der Waals surface area contributed by atoms with Crippen LogP contribution in [0.15, 0.2) is 60.7 Å². The largest absolute Gasteiger partial charge is 0.378 e. The van der Waals surface area contributed by atoms with E-state index >= 15 is 0 Å². The zero-order valence-corrected chi connectivity index (χ0v) is 13.6. The first-order valence-corrected chi connectivity index (χ1v) is 8.45. The summed E-state index contributed by atoms with van der Waals surface area (Å²) in [7, 11) is 0. The molecule has 2 aromatic rings. The summed E-state index contributed by atoms with van der Waals surface area (Å²) in [5.74, 6) is 0. The van der Waals surface area contributed by atoms with Gasteiger partial charge in [0.05, 0.1) is 19.3 Å². The number of morpholine rings is 1. The van der Waals surface area contributed by atoms with E-state index < -0.39 is 0 Å². The monoisotopic (exact) mass is 305 g/mol. The molecule has 4 rings (SSSR count). The lowest BCUT2D eigenvalue weighted by atomic mass is 9.87. The quantitative estimate of drug-likeness (QED) is 0.848. The van der Waals surface area contributed by atoms with Gasteiger partial charge in [-0.3, -0.25) is 4.90 Å². The average molecular weight is 305 g/mol. The molecule has 0 aromatic heterocycles. The Morgan fingerprint density at radius 2 is 1.78 bits per heavy atom. The highest BCUT2D eigenvalue weighted by Crippen LogP contribution is 2.34. The third-order valence-electron chi connectivity index (χ3n) is 5.04. The van der Waals surface area contributed by atoms with Crippen LogP contribution in [0, 0.1) is 6.92 Å². The van der Waals surface area contributed by atoms with Gasteiger partial charge < -0.3 is 4.74 Å². The fraction of sp³-hybridized carbons (Fsp3) is 0.333. The molecule has 1 saturated heterocycles. The van der Waals surface area contributed by atoms with Crippen LogP contribution in [0.25, 0.3) is 5.57 Å². The van der Waals surface area contributed by atoms with Gasteiger partial charge in [-0.15, -0.1) is 0 Å². The van der Waals surface area contributed by atoms with Gasteiger partial charge in [0, 0.05) is 12.6 Å². The second-order valence-corrected chi connectivity index (χ2v) is 6.63. The maximum Gasteiger partial charge on any atom is 0.0658 e. The lowest BCUT2D eigenvalue weighted by Gasteiger charge is -2.45. The fourth-order valence-corrected chi connectivity index (χ4v) is 3.83. The SMILES string of the molecule is Cc1ccccc1C1=CC2COCC(C1)N2Cc1ccccc1. The van der Waals surface area contributed by atoms with E-state index in [0.29, 0.717) is 12.1 Å². The van der Waals surface area contributed by atoms with E-state index in [1.165, 1.54) is 22.3 Å². The summed E-state index contributed by atoms with van der Waals surface area (Å²) in [5, 5.41) is 0. The molecule has 0 aliphatic carbocycles. The van der Waals surface area contributed by atoms with Gasteiger partial charge >= 0.3 is 0 Å². The highest BCUT2D eigenvalue weighted by Gasteiger charge is 2.34. The standard InChI is InChI=1S/C21H23NO/c1-16-7-5-6-10-21(16)18-11-19-14-23-15-20(12-18)22(19)13-17-8-3-2-4-9-17/h2-11,19-20H,12-15H2,1H3. The van der Waals surface area contributed by atoms with Crippen LogP contribution in [0.2, 0.25) is 0 Å². The van der Waals surface area contributed by atoms with E-state index in [-0.39, 0.29) is 0 Å². The summed E-state index contributed by atoms with van der Waals surface area (Å²) in [5.41, 5.74) is 5.65. The van der Waals surface area contributed by atoms with Crippen molar-refractivity contribution in [1.82, 2.24) is 4.90 Å². The number of hydrogen-bond donors (Lipinski definition) is 0. The molecule has 0 amide bonds. The Hall–Kier alpha value is -1.90. The molecule has 2 bridgehead atoms. The summed E-state index contributed by atoms with van der Waals surface area (Å²) >= 11 is 0. The van der Waals surface area contributed by atoms with Gasteiger partial charge in [-0.05, 0) is 35.6 Å². The Morgan fingerprint density at radius 3 is 2.57 bits per heavy atom. The molecule has 118 valence electrons. The maximum atomic E-state index is 5.83. The Kier molecular flexibility index (Phi) is 4.02. The van der Waals surface area contributed by atoms with Crippen molar-refractivity contribution < 1.29 is 4.74 Å². The minimum atomic E-state index is 0.386. The second kappa shape index (κ2) is 6.31. The molecule has 0 radical (unpaired) electrons. The van der Waals surface area contributed by atoms with Crippen LogP contribution in [0.4, 0.5) is 0 Å². The minimum Gasteiger partial charge on any atom is -0.378 e. The van der Waals surface area contributed by atoms with Gasteiger partial charge in [0.25, 0.3) is 0 Å². The molecule has 0 spiro atoms. The maximum absolute atomic E-state index is 5.83. The third kappa shape index (κ3) is 2.97.